The van der Waals surface area contributed by atoms with Crippen LogP contribution >= 0.6 is 0 Å². The summed E-state index contributed by atoms with van der Waals surface area (Å²) in [6.45, 7) is 0. The number of benzene rings is 3. The van der Waals surface area contributed by atoms with Crippen molar-refractivity contribution in [3.63, 3.8) is 0 Å². The molecule has 0 aliphatic heterocycles. The van der Waals surface area contributed by atoms with Crippen LogP contribution in [0.2, 0.25) is 0 Å². The van der Waals surface area contributed by atoms with Crippen molar-refractivity contribution in [2.75, 3.05) is 0 Å². The second-order valence-electron chi connectivity index (χ2n) is 8.06. The van der Waals surface area contributed by atoms with Crippen LogP contribution in [0.15, 0.2) is 122 Å². The van der Waals surface area contributed by atoms with Crippen LogP contribution in [0.25, 0.3) is 33.4 Å². The third-order valence-electron chi connectivity index (χ3n) is 6.09. The molecule has 2 aromatic heterocycles. The Bertz CT molecular complexity index is 1510. The minimum Gasteiger partial charge on any atom is -1.00 e. The average Bonchev–Trinajstić information content (AvgIpc) is 3.64. The number of nitrogens with zero attached hydrogens (tertiary/aromatic N) is 2. The molecule has 0 fully saturated rings. The van der Waals surface area contributed by atoms with Gasteiger partial charge in [0.05, 0.1) is 5.52 Å². The molecule has 1 atom stereocenters. The first-order valence-electron chi connectivity index (χ1n) is 10.9. The molecule has 35 heavy (non-hydrogen) atoms. The Morgan fingerprint density at radius 2 is 1.37 bits per heavy atom. The maximum Gasteiger partial charge on any atom is 4.00 e. The molecule has 2 nitrogen and oxygen atoms in total. The molecule has 0 N–H and O–H groups in total. The van der Waals surface area contributed by atoms with Gasteiger partial charge in [-0.1, -0.05) is 42.5 Å². The van der Waals surface area contributed by atoms with E-state index in [1.165, 1.54) is 38.5 Å². The number of rotatable bonds is 2. The molecular formula is C30H22Cl2N2Zr. The molecule has 2 heterocycles. The summed E-state index contributed by atoms with van der Waals surface area (Å²) in [5, 5.41) is 3.87. The number of allylic oxidation sites excluding steroid dienone is 1. The van der Waals surface area contributed by atoms with E-state index in [-0.39, 0.29) is 57.1 Å². The molecule has 4 aromatic carbocycles. The summed E-state index contributed by atoms with van der Waals surface area (Å²) in [6.07, 6.45) is 11.7. The van der Waals surface area contributed by atoms with E-state index in [0.29, 0.717) is 0 Å². The maximum absolute atomic E-state index is 3.36. The van der Waals surface area contributed by atoms with Crippen LogP contribution in [0.1, 0.15) is 17.2 Å². The van der Waals surface area contributed by atoms with E-state index in [4.69, 9.17) is 0 Å². The topological polar surface area (TPSA) is 9.86 Å². The van der Waals surface area contributed by atoms with Crippen molar-refractivity contribution in [3.05, 3.63) is 139 Å². The Balaban J connectivity index is 0.000000185. The van der Waals surface area contributed by atoms with Gasteiger partial charge in [-0.2, -0.15) is 5.56 Å². The van der Waals surface area contributed by atoms with Gasteiger partial charge in [-0.25, -0.2) is 12.2 Å². The summed E-state index contributed by atoms with van der Waals surface area (Å²) < 4.78 is 4.41. The molecule has 1 aliphatic rings. The fourth-order valence-electron chi connectivity index (χ4n) is 4.50. The van der Waals surface area contributed by atoms with Crippen LogP contribution in [-0.2, 0) is 26.2 Å². The van der Waals surface area contributed by atoms with Crippen LogP contribution in [0.4, 0.5) is 0 Å². The summed E-state index contributed by atoms with van der Waals surface area (Å²) in [6, 6.07) is 36.4. The molecule has 0 spiro atoms. The molecule has 170 valence electrons. The molecule has 5 heteroatoms. The van der Waals surface area contributed by atoms with E-state index in [9.17, 15) is 0 Å². The third-order valence-corrected chi connectivity index (χ3v) is 6.09. The number of hydrogen-bond donors (Lipinski definition) is 0. The van der Waals surface area contributed by atoms with E-state index in [1.54, 1.807) is 0 Å². The second-order valence-corrected chi connectivity index (χ2v) is 8.06. The molecule has 1 unspecified atom stereocenters. The van der Waals surface area contributed by atoms with Gasteiger partial charge in [-0.05, 0) is 41.4 Å². The van der Waals surface area contributed by atoms with Gasteiger partial charge in [-0.15, -0.1) is 52.7 Å². The molecule has 0 saturated heterocycles. The minimum atomic E-state index is 0. The predicted octanol–water partition coefficient (Wildman–Crippen LogP) is 1.42. The predicted molar refractivity (Wildman–Crippen MR) is 133 cm³/mol. The van der Waals surface area contributed by atoms with Crippen molar-refractivity contribution in [2.24, 2.45) is 0 Å². The van der Waals surface area contributed by atoms with Gasteiger partial charge in [0.1, 0.15) is 0 Å². The first kappa shape index (κ1) is 26.9. The monoisotopic (exact) mass is 570 g/mol. The minimum absolute atomic E-state index is 0. The van der Waals surface area contributed by atoms with Gasteiger partial charge in [0.2, 0.25) is 0 Å². The molecule has 7 rings (SSSR count). The van der Waals surface area contributed by atoms with Gasteiger partial charge in [0, 0.05) is 18.6 Å². The Labute approximate surface area is 237 Å². The number of halogens is 2. The van der Waals surface area contributed by atoms with Gasteiger partial charge in [0.15, 0.2) is 0 Å². The molecular weight excluding hydrogens is 550 g/mol. The van der Waals surface area contributed by atoms with Crippen molar-refractivity contribution in [2.45, 2.75) is 6.04 Å². The van der Waals surface area contributed by atoms with E-state index in [1.807, 2.05) is 12.1 Å². The van der Waals surface area contributed by atoms with Crippen molar-refractivity contribution in [1.29, 1.82) is 0 Å². The van der Waals surface area contributed by atoms with Crippen LogP contribution < -0.4 is 24.8 Å². The summed E-state index contributed by atoms with van der Waals surface area (Å²) in [7, 11) is 0. The zero-order chi connectivity index (χ0) is 21.3. The fraction of sp³-hybridized carbons (Fsp3) is 0.0333. The average molecular weight is 573 g/mol. The van der Waals surface area contributed by atoms with Crippen LogP contribution in [0.5, 0.6) is 0 Å². The summed E-state index contributed by atoms with van der Waals surface area (Å²) in [5.74, 6) is 0. The Morgan fingerprint density at radius 3 is 2.17 bits per heavy atom. The van der Waals surface area contributed by atoms with E-state index >= 15 is 0 Å². The quantitative estimate of drug-likeness (QED) is 0.278. The largest absolute Gasteiger partial charge is 4.00 e. The van der Waals surface area contributed by atoms with E-state index < -0.39 is 0 Å². The van der Waals surface area contributed by atoms with Crippen LogP contribution in [-0.4, -0.2) is 9.13 Å². The van der Waals surface area contributed by atoms with Crippen LogP contribution in [0, 0.1) is 6.08 Å². The summed E-state index contributed by atoms with van der Waals surface area (Å²) in [5.41, 5.74) is 5.11. The molecule has 0 amide bonds. The van der Waals surface area contributed by atoms with E-state index in [0.717, 1.165) is 0 Å². The molecule has 6 aromatic rings. The van der Waals surface area contributed by atoms with E-state index in [2.05, 4.69) is 131 Å². The first-order chi connectivity index (χ1) is 15.9. The SMILES string of the molecule is [C-]1=Cc2ccccc2C1n1cccc1.[Cl-].[Cl-].[Zr+4].c1ccc2[cH-]c(-n3ccc4ccccc43)cc2c1. The number of para-hydroxylation sites is 1. The molecule has 0 saturated carbocycles. The number of fused-ring (bicyclic) bond motifs is 3. The third kappa shape index (κ3) is 5.28. The smallest absolute Gasteiger partial charge is 1.00 e. The van der Waals surface area contributed by atoms with Crippen LogP contribution in [0.3, 0.4) is 0 Å². The van der Waals surface area contributed by atoms with Gasteiger partial charge in [0.25, 0.3) is 0 Å². The normalized spacial score (nSPS) is 13.2. The first-order valence-corrected chi connectivity index (χ1v) is 10.9. The number of aromatic nitrogens is 2. The van der Waals surface area contributed by atoms with Crippen molar-refractivity contribution in [1.82, 2.24) is 9.13 Å². The Hall–Kier alpha value is -2.71. The van der Waals surface area contributed by atoms with Crippen molar-refractivity contribution in [3.8, 4) is 5.69 Å². The van der Waals surface area contributed by atoms with Gasteiger partial charge in [-0.3, -0.25) is 0 Å². The molecule has 1 aliphatic carbocycles. The Kier molecular flexibility index (Phi) is 9.08. The number of hydrogen-bond acceptors (Lipinski definition) is 0. The van der Waals surface area contributed by atoms with Gasteiger partial charge >= 0.3 is 26.2 Å². The van der Waals surface area contributed by atoms with Crippen molar-refractivity contribution >= 4 is 27.8 Å². The van der Waals surface area contributed by atoms with Gasteiger partial charge < -0.3 is 33.9 Å². The van der Waals surface area contributed by atoms with Crippen molar-refractivity contribution < 1.29 is 51.0 Å². The summed E-state index contributed by atoms with van der Waals surface area (Å²) in [4.78, 5) is 0. The molecule has 0 bridgehead atoms. The standard InChI is InChI=1S/C17H12N.C13H10N.2ClH.Zr/c1-2-7-15-12-16(11-14(15)6-1)18-10-9-13-5-3-4-8-17(13)18;1-2-6-12-11(5-1)7-8-13(12)14-9-3-4-10-14;;;/h1-12H;1-7,9-10,13H;2*1H;/q2*-1;;;+4/p-2. The fourth-order valence-corrected chi connectivity index (χ4v) is 4.50. The zero-order valence-corrected chi connectivity index (χ0v) is 22.8. The second kappa shape index (κ2) is 11.8. The maximum atomic E-state index is 3.36. The molecule has 0 radical (unpaired) electrons. The Morgan fingerprint density at radius 1 is 0.686 bits per heavy atom. The zero-order valence-electron chi connectivity index (χ0n) is 18.9. The summed E-state index contributed by atoms with van der Waals surface area (Å²) >= 11 is 0.